The smallest absolute Gasteiger partial charge is 0.348 e. The summed E-state index contributed by atoms with van der Waals surface area (Å²) in [6.45, 7) is 11.6. The molecule has 0 aliphatic heterocycles. The van der Waals surface area contributed by atoms with Crippen LogP contribution in [-0.4, -0.2) is 63.9 Å². The van der Waals surface area contributed by atoms with Crippen molar-refractivity contribution in [2.75, 3.05) is 60.7 Å². The van der Waals surface area contributed by atoms with Crippen molar-refractivity contribution in [3.8, 4) is 18.2 Å². The third-order valence-corrected chi connectivity index (χ3v) is 10.8. The molecule has 0 unspecified atom stereocenters. The zero-order valence-corrected chi connectivity index (χ0v) is 38.5. The predicted octanol–water partition coefficient (Wildman–Crippen LogP) is 10.6. The summed E-state index contributed by atoms with van der Waals surface area (Å²) in [7, 11) is 0. The van der Waals surface area contributed by atoms with Gasteiger partial charge in [0.2, 0.25) is 0 Å². The van der Waals surface area contributed by atoms with Crippen LogP contribution in [-0.2, 0) is 28.6 Å². The predicted molar refractivity (Wildman–Crippen MR) is 263 cm³/mol. The molecule has 0 heterocycles. The van der Waals surface area contributed by atoms with Crippen LogP contribution in [0.25, 0.3) is 18.2 Å². The van der Waals surface area contributed by atoms with E-state index in [-0.39, 0.29) is 16.7 Å². The van der Waals surface area contributed by atoms with E-state index in [1.54, 1.807) is 43.3 Å². The number of ether oxygens (including phenoxy) is 3. The minimum atomic E-state index is -1.40. The lowest BCUT2D eigenvalue weighted by molar-refractivity contribution is -0.155. The number of benzene rings is 5. The van der Waals surface area contributed by atoms with Gasteiger partial charge in [0.05, 0.1) is 5.41 Å². The average molecular weight is 895 g/mol. The first-order valence-corrected chi connectivity index (χ1v) is 22.1. The van der Waals surface area contributed by atoms with E-state index in [9.17, 15) is 30.2 Å². The van der Waals surface area contributed by atoms with Gasteiger partial charge in [0.25, 0.3) is 0 Å². The molecule has 0 aliphatic rings. The second kappa shape index (κ2) is 24.6. The summed E-state index contributed by atoms with van der Waals surface area (Å²) in [4.78, 5) is 46.7. The molecule has 0 amide bonds. The lowest BCUT2D eigenvalue weighted by Gasteiger charge is -2.28. The van der Waals surface area contributed by atoms with Gasteiger partial charge in [-0.15, -0.1) is 0 Å². The van der Waals surface area contributed by atoms with E-state index in [1.165, 1.54) is 18.2 Å². The van der Waals surface area contributed by atoms with Gasteiger partial charge in [-0.05, 0) is 130 Å². The topological polar surface area (TPSA) is 160 Å². The molecule has 0 bridgehead atoms. The van der Waals surface area contributed by atoms with Crippen LogP contribution in [0.4, 0.5) is 28.4 Å². The van der Waals surface area contributed by atoms with Gasteiger partial charge in [-0.2, -0.15) is 15.8 Å². The van der Waals surface area contributed by atoms with Crippen molar-refractivity contribution in [3.05, 3.63) is 167 Å². The summed E-state index contributed by atoms with van der Waals surface area (Å²) in [5.74, 6) is -2.88. The van der Waals surface area contributed by atoms with Gasteiger partial charge in [-0.1, -0.05) is 72.8 Å². The molecule has 0 saturated carbocycles. The van der Waals surface area contributed by atoms with E-state index < -0.39 is 43.1 Å². The molecular weight excluding hydrogens is 841 g/mol. The number of anilines is 5. The normalized spacial score (nSPS) is 12.3. The molecule has 0 radical (unpaired) electrons. The SMILES string of the molecule is CCN(CC)c1ccc(/C=C(\C#N)C(=O)OCC(C)(COC(=O)/C(C#N)=C/c2ccc(N(CC)CC)cc2)COC(=O)/C(C#N)=C/c2ccc(N(c3ccccc3)c3ccccc3)cc2)cc1. The molecule has 0 spiro atoms. The highest BCUT2D eigenvalue weighted by molar-refractivity contribution is 5.99. The number of rotatable bonds is 21. The zero-order valence-electron chi connectivity index (χ0n) is 38.5. The van der Waals surface area contributed by atoms with Gasteiger partial charge in [-0.25, -0.2) is 14.4 Å². The molecular formula is C55H54N6O6. The maximum atomic E-state index is 13.5. The second-order valence-corrected chi connectivity index (χ2v) is 15.7. The molecule has 0 saturated heterocycles. The molecule has 67 heavy (non-hydrogen) atoms. The van der Waals surface area contributed by atoms with Crippen LogP contribution in [0, 0.1) is 39.4 Å². The molecule has 340 valence electrons. The highest BCUT2D eigenvalue weighted by atomic mass is 16.6. The Bertz CT molecular complexity index is 2530. The highest BCUT2D eigenvalue weighted by Gasteiger charge is 2.32. The third-order valence-electron chi connectivity index (χ3n) is 10.8. The first-order valence-electron chi connectivity index (χ1n) is 22.1. The Hall–Kier alpha value is -8.40. The number of carbonyl (C=O) groups excluding carboxylic acids is 3. The minimum absolute atomic E-state index is 0.287. The molecule has 5 aromatic rings. The fourth-order valence-electron chi connectivity index (χ4n) is 7.05. The first-order chi connectivity index (χ1) is 32.5. The van der Waals surface area contributed by atoms with Gasteiger partial charge in [0, 0.05) is 54.6 Å². The van der Waals surface area contributed by atoms with Crippen molar-refractivity contribution in [3.63, 3.8) is 0 Å². The molecule has 0 N–H and O–H groups in total. The molecule has 5 rings (SSSR count). The van der Waals surface area contributed by atoms with Gasteiger partial charge in [0.1, 0.15) is 54.7 Å². The largest absolute Gasteiger partial charge is 0.461 e. The van der Waals surface area contributed by atoms with Crippen molar-refractivity contribution in [2.24, 2.45) is 5.41 Å². The van der Waals surface area contributed by atoms with Crippen LogP contribution < -0.4 is 14.7 Å². The van der Waals surface area contributed by atoms with E-state index in [4.69, 9.17) is 14.2 Å². The maximum Gasteiger partial charge on any atom is 0.348 e. The number of hydrogen-bond acceptors (Lipinski definition) is 12. The Morgan fingerprint density at radius 2 is 0.716 bits per heavy atom. The Morgan fingerprint density at radius 3 is 0.985 bits per heavy atom. The summed E-state index contributed by atoms with van der Waals surface area (Å²) >= 11 is 0. The Kier molecular flexibility index (Phi) is 18.2. The fraction of sp³-hybridized carbons (Fsp3) is 0.236. The Labute approximate surface area is 393 Å². The van der Waals surface area contributed by atoms with E-state index >= 15 is 0 Å². The molecule has 0 atom stereocenters. The van der Waals surface area contributed by atoms with Crippen LogP contribution in [0.3, 0.4) is 0 Å². The molecule has 12 nitrogen and oxygen atoms in total. The summed E-state index contributed by atoms with van der Waals surface area (Å²) < 4.78 is 16.9. The van der Waals surface area contributed by atoms with Crippen molar-refractivity contribution >= 4 is 64.6 Å². The molecule has 5 aromatic carbocycles. The summed E-state index contributed by atoms with van der Waals surface area (Å²) in [6.07, 6.45) is 4.21. The molecule has 0 aromatic heterocycles. The monoisotopic (exact) mass is 894 g/mol. The van der Waals surface area contributed by atoms with E-state index in [1.807, 2.05) is 115 Å². The van der Waals surface area contributed by atoms with Crippen molar-refractivity contribution in [2.45, 2.75) is 34.6 Å². The van der Waals surface area contributed by atoms with Crippen molar-refractivity contribution < 1.29 is 28.6 Å². The number of nitrogens with zero attached hydrogens (tertiary/aromatic N) is 6. The maximum absolute atomic E-state index is 13.5. The standard InChI is InChI=1S/C55H54N6O6/c1-6-59(7-2)47-26-20-41(21-27-47)32-44(35-56)52(62)65-38-55(5,39-66-53(63)45(36-57)33-42-22-28-48(29-23-42)60(8-3)9-4)40-67-54(64)46(37-58)34-43-24-30-51(31-25-43)61(49-16-12-10-13-17-49)50-18-14-11-15-19-50/h10-34H,6-9,38-40H2,1-5H3/b44-32+,45-33+,46-34+. The molecule has 0 aliphatic carbocycles. The lowest BCUT2D eigenvalue weighted by Crippen LogP contribution is -2.37. The van der Waals surface area contributed by atoms with Crippen LogP contribution in [0.5, 0.6) is 0 Å². The summed E-state index contributed by atoms with van der Waals surface area (Å²) in [5.41, 5.74) is 4.19. The minimum Gasteiger partial charge on any atom is -0.461 e. The van der Waals surface area contributed by atoms with Crippen LogP contribution in [0.1, 0.15) is 51.3 Å². The van der Waals surface area contributed by atoms with Crippen LogP contribution >= 0.6 is 0 Å². The number of esters is 3. The van der Waals surface area contributed by atoms with Crippen molar-refractivity contribution in [1.82, 2.24) is 0 Å². The Morgan fingerprint density at radius 1 is 0.448 bits per heavy atom. The summed E-state index contributed by atoms with van der Waals surface area (Å²) in [6, 6.07) is 47.5. The Balaban J connectivity index is 1.34. The van der Waals surface area contributed by atoms with E-state index in [0.717, 1.165) is 54.6 Å². The van der Waals surface area contributed by atoms with Gasteiger partial charge < -0.3 is 28.9 Å². The van der Waals surface area contributed by atoms with Gasteiger partial charge in [-0.3, -0.25) is 0 Å². The molecule has 12 heteroatoms. The first kappa shape index (κ1) is 49.6. The van der Waals surface area contributed by atoms with E-state index in [0.29, 0.717) is 16.7 Å². The quantitative estimate of drug-likeness (QED) is 0.0297. The van der Waals surface area contributed by atoms with Crippen LogP contribution in [0.2, 0.25) is 0 Å². The zero-order chi connectivity index (χ0) is 48.2. The number of nitriles is 3. The van der Waals surface area contributed by atoms with Crippen molar-refractivity contribution in [1.29, 1.82) is 15.8 Å². The second-order valence-electron chi connectivity index (χ2n) is 15.7. The summed E-state index contributed by atoms with van der Waals surface area (Å²) in [5, 5.41) is 30.0. The van der Waals surface area contributed by atoms with Gasteiger partial charge in [0.15, 0.2) is 0 Å². The van der Waals surface area contributed by atoms with E-state index in [2.05, 4.69) is 42.4 Å². The third kappa shape index (κ3) is 13.8. The highest BCUT2D eigenvalue weighted by Crippen LogP contribution is 2.34. The average Bonchev–Trinajstić information content (AvgIpc) is 3.37. The van der Waals surface area contributed by atoms with Crippen LogP contribution in [0.15, 0.2) is 150 Å². The van der Waals surface area contributed by atoms with Gasteiger partial charge >= 0.3 is 17.9 Å². The fourth-order valence-corrected chi connectivity index (χ4v) is 7.05. The molecule has 0 fully saturated rings. The number of hydrogen-bond donors (Lipinski definition) is 0. The number of carbonyl (C=O) groups is 3. The number of para-hydroxylation sites is 2. The lowest BCUT2D eigenvalue weighted by atomic mass is 9.94.